The zero-order valence-corrected chi connectivity index (χ0v) is 17.8. The van der Waals surface area contributed by atoms with Gasteiger partial charge in [0.2, 0.25) is 5.76 Å². The van der Waals surface area contributed by atoms with E-state index in [2.05, 4.69) is 0 Å². The van der Waals surface area contributed by atoms with Crippen LogP contribution < -0.4 is 9.47 Å². The molecule has 3 rings (SSSR count). The molecule has 0 unspecified atom stereocenters. The quantitative estimate of drug-likeness (QED) is 0.603. The fourth-order valence-electron chi connectivity index (χ4n) is 3.00. The van der Waals surface area contributed by atoms with Crippen molar-refractivity contribution < 1.29 is 27.4 Å². The van der Waals surface area contributed by atoms with Gasteiger partial charge in [0, 0.05) is 17.7 Å². The van der Waals surface area contributed by atoms with Crippen molar-refractivity contribution in [3.63, 3.8) is 0 Å². The molecule has 1 aliphatic rings. The minimum Gasteiger partial charge on any atom is -0.495 e. The van der Waals surface area contributed by atoms with E-state index in [-0.39, 0.29) is 16.4 Å². The van der Waals surface area contributed by atoms with Crippen LogP contribution in [0.5, 0.6) is 11.5 Å². The second-order valence-electron chi connectivity index (χ2n) is 6.37. The first-order valence-corrected chi connectivity index (χ1v) is 11.1. The molecule has 0 aliphatic carbocycles. The molecule has 8 heteroatoms. The van der Waals surface area contributed by atoms with Gasteiger partial charge in [-0.25, -0.2) is 13.2 Å². The molecule has 0 amide bonds. The summed E-state index contributed by atoms with van der Waals surface area (Å²) in [6.45, 7) is 3.54. The molecular weight excluding hydrogens is 416 g/mol. The Bertz CT molecular complexity index is 1070. The number of ether oxygens (including phenoxy) is 3. The van der Waals surface area contributed by atoms with Gasteiger partial charge in [-0.15, -0.1) is 0 Å². The Morgan fingerprint density at radius 1 is 1.14 bits per heavy atom. The third kappa shape index (κ3) is 4.41. The van der Waals surface area contributed by atoms with Crippen LogP contribution in [0.1, 0.15) is 31.1 Å². The molecule has 2 aromatic rings. The molecule has 0 radical (unpaired) electrons. The zero-order valence-electron chi connectivity index (χ0n) is 16.3. The van der Waals surface area contributed by atoms with Crippen LogP contribution in [0.2, 0.25) is 5.02 Å². The van der Waals surface area contributed by atoms with Gasteiger partial charge in [0.1, 0.15) is 17.6 Å². The van der Waals surface area contributed by atoms with Crippen molar-refractivity contribution in [3.05, 3.63) is 64.4 Å². The Labute approximate surface area is 175 Å². The van der Waals surface area contributed by atoms with Gasteiger partial charge < -0.3 is 14.2 Å². The molecule has 0 N–H and O–H groups in total. The van der Waals surface area contributed by atoms with Gasteiger partial charge in [-0.2, -0.15) is 0 Å². The molecule has 1 atom stereocenters. The molecule has 1 aliphatic heterocycles. The van der Waals surface area contributed by atoms with E-state index in [1.807, 2.05) is 6.92 Å². The Hall–Kier alpha value is -2.51. The van der Waals surface area contributed by atoms with Gasteiger partial charge in [-0.3, -0.25) is 0 Å². The van der Waals surface area contributed by atoms with Crippen LogP contribution in [-0.4, -0.2) is 27.2 Å². The van der Waals surface area contributed by atoms with Gasteiger partial charge in [-0.1, -0.05) is 31.5 Å². The van der Waals surface area contributed by atoms with Gasteiger partial charge in [0.25, 0.3) is 0 Å². The van der Waals surface area contributed by atoms with E-state index in [0.29, 0.717) is 28.5 Å². The highest BCUT2D eigenvalue weighted by Gasteiger charge is 2.31. The largest absolute Gasteiger partial charge is 0.495 e. The lowest BCUT2D eigenvalue weighted by atomic mass is 10.0. The first kappa shape index (κ1) is 21.2. The second-order valence-corrected chi connectivity index (χ2v) is 9.06. The fourth-order valence-corrected chi connectivity index (χ4v) is 4.16. The lowest BCUT2D eigenvalue weighted by molar-refractivity contribution is -0.141. The third-order valence-corrected chi connectivity index (χ3v) is 6.66. The molecule has 154 valence electrons. The maximum atomic E-state index is 12.3. The topological polar surface area (TPSA) is 78.9 Å². The number of hydrogen-bond donors (Lipinski definition) is 0. The van der Waals surface area contributed by atoms with Crippen LogP contribution in [0.4, 0.5) is 0 Å². The normalized spacial score (nSPS) is 16.3. The number of carbonyl (C=O) groups is 1. The Morgan fingerprint density at radius 3 is 2.52 bits per heavy atom. The van der Waals surface area contributed by atoms with Gasteiger partial charge in [0.15, 0.2) is 9.84 Å². The van der Waals surface area contributed by atoms with E-state index < -0.39 is 21.9 Å². The standard InChI is InChI=1S/C21H21ClO6S/c1-4-13-6-8-15(29(24,25)5-2)11-16(13)19-12-20(21(23)28-19)27-14-7-9-18(26-3)17(22)10-14/h6-12,19H,4-5H2,1-3H3/t19-/m1/s1. The number of carbonyl (C=O) groups excluding carboxylic acids is 1. The fraction of sp³-hybridized carbons (Fsp3) is 0.286. The van der Waals surface area contributed by atoms with E-state index in [1.54, 1.807) is 37.3 Å². The van der Waals surface area contributed by atoms with Gasteiger partial charge >= 0.3 is 5.97 Å². The smallest absolute Gasteiger partial charge is 0.375 e. The number of hydrogen-bond acceptors (Lipinski definition) is 6. The van der Waals surface area contributed by atoms with E-state index in [9.17, 15) is 13.2 Å². The van der Waals surface area contributed by atoms with Crippen molar-refractivity contribution in [2.24, 2.45) is 0 Å². The minimum absolute atomic E-state index is 0.00913. The van der Waals surface area contributed by atoms with Crippen LogP contribution >= 0.6 is 11.6 Å². The molecule has 1 heterocycles. The number of aryl methyl sites for hydroxylation is 1. The monoisotopic (exact) mass is 436 g/mol. The Balaban J connectivity index is 1.93. The van der Waals surface area contributed by atoms with Crippen molar-refractivity contribution >= 4 is 27.4 Å². The summed E-state index contributed by atoms with van der Waals surface area (Å²) in [5.74, 6) is 0.221. The number of benzene rings is 2. The van der Waals surface area contributed by atoms with E-state index in [1.165, 1.54) is 19.3 Å². The predicted molar refractivity (Wildman–Crippen MR) is 109 cm³/mol. The highest BCUT2D eigenvalue weighted by Crippen LogP contribution is 2.35. The molecule has 0 spiro atoms. The summed E-state index contributed by atoms with van der Waals surface area (Å²) in [5.41, 5.74) is 1.52. The maximum Gasteiger partial charge on any atom is 0.375 e. The highest BCUT2D eigenvalue weighted by atomic mass is 35.5. The van der Waals surface area contributed by atoms with Crippen molar-refractivity contribution in [1.29, 1.82) is 0 Å². The second kappa shape index (κ2) is 8.47. The molecule has 0 bridgehead atoms. The Morgan fingerprint density at radius 2 is 1.90 bits per heavy atom. The van der Waals surface area contributed by atoms with Crippen molar-refractivity contribution in [1.82, 2.24) is 0 Å². The highest BCUT2D eigenvalue weighted by molar-refractivity contribution is 7.91. The van der Waals surface area contributed by atoms with E-state index in [4.69, 9.17) is 25.8 Å². The lowest BCUT2D eigenvalue weighted by Crippen LogP contribution is -2.09. The average molecular weight is 437 g/mol. The number of esters is 1. The zero-order chi connectivity index (χ0) is 21.2. The van der Waals surface area contributed by atoms with Crippen LogP contribution in [0.3, 0.4) is 0 Å². The number of cyclic esters (lactones) is 1. The third-order valence-electron chi connectivity index (χ3n) is 4.63. The molecule has 0 fully saturated rings. The molecule has 2 aromatic carbocycles. The molecule has 0 saturated carbocycles. The SMILES string of the molecule is CCc1ccc(S(=O)(=O)CC)cc1[C@H]1C=C(Oc2ccc(OC)c(Cl)c2)C(=O)O1. The summed E-state index contributed by atoms with van der Waals surface area (Å²) in [4.78, 5) is 12.5. The summed E-state index contributed by atoms with van der Waals surface area (Å²) in [5, 5.41) is 0.347. The number of methoxy groups -OCH3 is 1. The predicted octanol–water partition coefficient (Wildman–Crippen LogP) is 4.27. The average Bonchev–Trinajstić information content (AvgIpc) is 3.07. The summed E-state index contributed by atoms with van der Waals surface area (Å²) < 4.78 is 40.7. The van der Waals surface area contributed by atoms with E-state index in [0.717, 1.165) is 5.56 Å². The van der Waals surface area contributed by atoms with Gasteiger partial charge in [-0.05, 0) is 36.2 Å². The molecule has 29 heavy (non-hydrogen) atoms. The van der Waals surface area contributed by atoms with Crippen LogP contribution in [0.15, 0.2) is 53.1 Å². The summed E-state index contributed by atoms with van der Waals surface area (Å²) in [7, 11) is -1.88. The van der Waals surface area contributed by atoms with Crippen molar-refractivity contribution in [2.45, 2.75) is 31.3 Å². The number of halogens is 1. The molecule has 0 saturated heterocycles. The Kier molecular flexibility index (Phi) is 6.19. The van der Waals surface area contributed by atoms with Gasteiger partial charge in [0.05, 0.1) is 22.8 Å². The van der Waals surface area contributed by atoms with E-state index >= 15 is 0 Å². The van der Waals surface area contributed by atoms with Crippen molar-refractivity contribution in [2.75, 3.05) is 12.9 Å². The number of sulfone groups is 1. The maximum absolute atomic E-state index is 12.3. The molecular formula is C21H21ClO6S. The summed E-state index contributed by atoms with van der Waals surface area (Å²) >= 11 is 6.09. The first-order chi connectivity index (χ1) is 13.8. The minimum atomic E-state index is -3.38. The number of rotatable bonds is 7. The lowest BCUT2D eigenvalue weighted by Gasteiger charge is -2.14. The van der Waals surface area contributed by atoms with Crippen LogP contribution in [-0.2, 0) is 25.8 Å². The van der Waals surface area contributed by atoms with Crippen LogP contribution in [0, 0.1) is 0 Å². The summed E-state index contributed by atoms with van der Waals surface area (Å²) in [6, 6.07) is 9.69. The van der Waals surface area contributed by atoms with Crippen molar-refractivity contribution in [3.8, 4) is 11.5 Å². The first-order valence-electron chi connectivity index (χ1n) is 9.08. The van der Waals surface area contributed by atoms with Crippen LogP contribution in [0.25, 0.3) is 0 Å². The molecule has 0 aromatic heterocycles. The summed E-state index contributed by atoms with van der Waals surface area (Å²) in [6.07, 6.45) is 1.47. The molecule has 6 nitrogen and oxygen atoms in total.